The van der Waals surface area contributed by atoms with Gasteiger partial charge in [0.25, 0.3) is 0 Å². The molecule has 18 heavy (non-hydrogen) atoms. The molecular weight excluding hydrogens is 226 g/mol. The summed E-state index contributed by atoms with van der Waals surface area (Å²) < 4.78 is 0. The van der Waals surface area contributed by atoms with Gasteiger partial charge in [-0.15, -0.1) is 0 Å². The molecule has 0 aromatic heterocycles. The fraction of sp³-hybridized carbons (Fsp3) is 0.933. The summed E-state index contributed by atoms with van der Waals surface area (Å²) in [4.78, 5) is 13.4. The van der Waals surface area contributed by atoms with E-state index in [2.05, 4.69) is 18.7 Å². The maximum Gasteiger partial charge on any atom is 0.306 e. The van der Waals surface area contributed by atoms with Crippen molar-refractivity contribution in [1.82, 2.24) is 4.90 Å². The van der Waals surface area contributed by atoms with Gasteiger partial charge in [-0.1, -0.05) is 39.0 Å². The number of rotatable bonds is 8. The number of hydrogen-bond acceptors (Lipinski definition) is 2. The molecule has 1 aliphatic heterocycles. The van der Waals surface area contributed by atoms with Crippen LogP contribution >= 0.6 is 0 Å². The number of carboxylic acids is 1. The van der Waals surface area contributed by atoms with Gasteiger partial charge >= 0.3 is 5.97 Å². The van der Waals surface area contributed by atoms with Crippen molar-refractivity contribution >= 4 is 5.97 Å². The number of aliphatic carboxylic acids is 1. The Morgan fingerprint density at radius 1 is 1.22 bits per heavy atom. The van der Waals surface area contributed by atoms with Gasteiger partial charge in [-0.3, -0.25) is 4.79 Å². The van der Waals surface area contributed by atoms with Crippen molar-refractivity contribution in [3.63, 3.8) is 0 Å². The summed E-state index contributed by atoms with van der Waals surface area (Å²) in [6, 6.07) is 0.440. The Bertz CT molecular complexity index is 243. The SMILES string of the molecule is CCCCCCCCN1CCC(C(=O)O)CC1C. The van der Waals surface area contributed by atoms with Crippen molar-refractivity contribution in [3.8, 4) is 0 Å². The van der Waals surface area contributed by atoms with Gasteiger partial charge in [0.2, 0.25) is 0 Å². The standard InChI is InChI=1S/C15H29NO2/c1-3-4-5-6-7-8-10-16-11-9-14(15(17)18)12-13(16)2/h13-14H,3-12H2,1-2H3,(H,17,18). The fourth-order valence-corrected chi connectivity index (χ4v) is 2.87. The van der Waals surface area contributed by atoms with Gasteiger partial charge in [0.15, 0.2) is 0 Å². The van der Waals surface area contributed by atoms with E-state index in [1.165, 1.54) is 38.5 Å². The van der Waals surface area contributed by atoms with E-state index in [1.54, 1.807) is 0 Å². The van der Waals surface area contributed by atoms with Crippen LogP contribution in [-0.4, -0.2) is 35.1 Å². The lowest BCUT2D eigenvalue weighted by atomic mass is 9.91. The van der Waals surface area contributed by atoms with Crippen LogP contribution in [0.15, 0.2) is 0 Å². The van der Waals surface area contributed by atoms with Crippen LogP contribution in [-0.2, 0) is 4.79 Å². The summed E-state index contributed by atoms with van der Waals surface area (Å²) in [5, 5.41) is 9.02. The molecule has 106 valence electrons. The third kappa shape index (κ3) is 5.38. The normalized spacial score (nSPS) is 25.2. The molecule has 0 spiro atoms. The predicted molar refractivity (Wildman–Crippen MR) is 74.8 cm³/mol. The van der Waals surface area contributed by atoms with E-state index in [1.807, 2.05) is 0 Å². The predicted octanol–water partition coefficient (Wildman–Crippen LogP) is 3.53. The summed E-state index contributed by atoms with van der Waals surface area (Å²) in [7, 11) is 0. The van der Waals surface area contributed by atoms with E-state index in [-0.39, 0.29) is 5.92 Å². The minimum atomic E-state index is -0.610. The van der Waals surface area contributed by atoms with E-state index in [4.69, 9.17) is 5.11 Å². The molecule has 0 amide bonds. The summed E-state index contributed by atoms with van der Waals surface area (Å²) in [5.41, 5.74) is 0. The Hall–Kier alpha value is -0.570. The summed E-state index contributed by atoms with van der Waals surface area (Å²) in [5.74, 6) is -0.720. The van der Waals surface area contributed by atoms with Crippen LogP contribution < -0.4 is 0 Å². The van der Waals surface area contributed by atoms with Crippen molar-refractivity contribution in [1.29, 1.82) is 0 Å². The van der Waals surface area contributed by atoms with Gasteiger partial charge in [0, 0.05) is 6.04 Å². The molecule has 0 bridgehead atoms. The van der Waals surface area contributed by atoms with Crippen molar-refractivity contribution < 1.29 is 9.90 Å². The van der Waals surface area contributed by atoms with E-state index < -0.39 is 5.97 Å². The first-order valence-corrected chi connectivity index (χ1v) is 7.62. The van der Waals surface area contributed by atoms with Gasteiger partial charge in [-0.25, -0.2) is 0 Å². The van der Waals surface area contributed by atoms with E-state index in [9.17, 15) is 4.79 Å². The molecule has 2 atom stereocenters. The molecule has 3 heteroatoms. The topological polar surface area (TPSA) is 40.5 Å². The molecule has 2 unspecified atom stereocenters. The lowest BCUT2D eigenvalue weighted by molar-refractivity contribution is -0.144. The Labute approximate surface area is 112 Å². The first-order valence-electron chi connectivity index (χ1n) is 7.62. The quantitative estimate of drug-likeness (QED) is 0.674. The minimum Gasteiger partial charge on any atom is -0.481 e. The molecule has 0 saturated carbocycles. The maximum atomic E-state index is 10.9. The van der Waals surface area contributed by atoms with Crippen LogP contribution in [0.2, 0.25) is 0 Å². The highest BCUT2D eigenvalue weighted by molar-refractivity contribution is 5.70. The van der Waals surface area contributed by atoms with Crippen LogP contribution in [0, 0.1) is 5.92 Å². The van der Waals surface area contributed by atoms with Gasteiger partial charge in [-0.2, -0.15) is 0 Å². The Morgan fingerprint density at radius 3 is 2.50 bits per heavy atom. The molecule has 0 aromatic carbocycles. The number of hydrogen-bond donors (Lipinski definition) is 1. The van der Waals surface area contributed by atoms with Crippen LogP contribution in [0.1, 0.15) is 65.2 Å². The molecule has 1 fully saturated rings. The van der Waals surface area contributed by atoms with Crippen LogP contribution in [0.4, 0.5) is 0 Å². The fourth-order valence-electron chi connectivity index (χ4n) is 2.87. The summed E-state index contributed by atoms with van der Waals surface area (Å²) in [6.45, 7) is 6.53. The lowest BCUT2D eigenvalue weighted by Gasteiger charge is -2.36. The second-order valence-electron chi connectivity index (χ2n) is 5.71. The van der Waals surface area contributed by atoms with E-state index >= 15 is 0 Å². The third-order valence-electron chi connectivity index (χ3n) is 4.16. The average Bonchev–Trinajstić information content (AvgIpc) is 2.35. The lowest BCUT2D eigenvalue weighted by Crippen LogP contribution is -2.43. The zero-order valence-corrected chi connectivity index (χ0v) is 12.0. The number of piperidine rings is 1. The first kappa shape index (κ1) is 15.5. The Kier molecular flexibility index (Phi) is 7.33. The number of carboxylic acid groups (broad SMARTS) is 1. The molecule has 1 heterocycles. The average molecular weight is 255 g/mol. The monoisotopic (exact) mass is 255 g/mol. The second-order valence-corrected chi connectivity index (χ2v) is 5.71. The van der Waals surface area contributed by atoms with E-state index in [0.717, 1.165) is 25.9 Å². The first-order chi connectivity index (χ1) is 8.65. The second kappa shape index (κ2) is 8.52. The molecule has 0 aromatic rings. The van der Waals surface area contributed by atoms with Crippen molar-refractivity contribution in [2.24, 2.45) is 5.92 Å². The van der Waals surface area contributed by atoms with Gasteiger partial charge < -0.3 is 10.0 Å². The van der Waals surface area contributed by atoms with Crippen LogP contribution in [0.3, 0.4) is 0 Å². The number of nitrogens with zero attached hydrogens (tertiary/aromatic N) is 1. The van der Waals surface area contributed by atoms with Crippen LogP contribution in [0.25, 0.3) is 0 Å². The molecule has 0 radical (unpaired) electrons. The van der Waals surface area contributed by atoms with Gasteiger partial charge in [-0.05, 0) is 39.3 Å². The van der Waals surface area contributed by atoms with Crippen LogP contribution in [0.5, 0.6) is 0 Å². The molecule has 0 aliphatic carbocycles. The molecular formula is C15H29NO2. The third-order valence-corrected chi connectivity index (χ3v) is 4.16. The van der Waals surface area contributed by atoms with Gasteiger partial charge in [0.1, 0.15) is 0 Å². The molecule has 1 saturated heterocycles. The van der Waals surface area contributed by atoms with Crippen molar-refractivity contribution in [3.05, 3.63) is 0 Å². The zero-order valence-electron chi connectivity index (χ0n) is 12.0. The minimum absolute atomic E-state index is 0.110. The summed E-state index contributed by atoms with van der Waals surface area (Å²) in [6.07, 6.45) is 9.64. The smallest absolute Gasteiger partial charge is 0.306 e. The van der Waals surface area contributed by atoms with Gasteiger partial charge in [0.05, 0.1) is 5.92 Å². The van der Waals surface area contributed by atoms with Crippen molar-refractivity contribution in [2.45, 2.75) is 71.3 Å². The highest BCUT2D eigenvalue weighted by Gasteiger charge is 2.28. The van der Waals surface area contributed by atoms with Crippen molar-refractivity contribution in [2.75, 3.05) is 13.1 Å². The Balaban J connectivity index is 2.10. The highest BCUT2D eigenvalue weighted by Crippen LogP contribution is 2.23. The zero-order chi connectivity index (χ0) is 13.4. The molecule has 1 aliphatic rings. The highest BCUT2D eigenvalue weighted by atomic mass is 16.4. The Morgan fingerprint density at radius 2 is 1.89 bits per heavy atom. The number of unbranched alkanes of at least 4 members (excludes halogenated alkanes) is 5. The number of carbonyl (C=O) groups is 1. The maximum absolute atomic E-state index is 10.9. The molecule has 1 N–H and O–H groups in total. The molecule has 3 nitrogen and oxygen atoms in total. The van der Waals surface area contributed by atoms with E-state index in [0.29, 0.717) is 6.04 Å². The molecule has 1 rings (SSSR count). The number of likely N-dealkylation sites (tertiary alicyclic amines) is 1. The largest absolute Gasteiger partial charge is 0.481 e. The summed E-state index contributed by atoms with van der Waals surface area (Å²) >= 11 is 0.